The zero-order valence-electron chi connectivity index (χ0n) is 8.68. The van der Waals surface area contributed by atoms with Crippen LogP contribution in [0.2, 0.25) is 0 Å². The van der Waals surface area contributed by atoms with Crippen molar-refractivity contribution in [2.45, 2.75) is 6.10 Å². The molecule has 2 rings (SSSR count). The number of morpholine rings is 1. The topological polar surface area (TPSA) is 76.3 Å². The summed E-state index contributed by atoms with van der Waals surface area (Å²) in [6.07, 6.45) is 1.62. The summed E-state index contributed by atoms with van der Waals surface area (Å²) in [5.74, 6) is 6.57. The zero-order valence-corrected chi connectivity index (χ0v) is 8.68. The molecule has 1 aliphatic heterocycles. The van der Waals surface area contributed by atoms with Gasteiger partial charge in [0.05, 0.1) is 6.61 Å². The van der Waals surface area contributed by atoms with Gasteiger partial charge in [-0.3, -0.25) is 0 Å². The molecule has 0 bridgehead atoms. The van der Waals surface area contributed by atoms with Crippen molar-refractivity contribution in [3.8, 4) is 0 Å². The summed E-state index contributed by atoms with van der Waals surface area (Å²) in [7, 11) is 2.06. The summed E-state index contributed by atoms with van der Waals surface area (Å²) in [4.78, 5) is 10.6. The van der Waals surface area contributed by atoms with Gasteiger partial charge in [-0.1, -0.05) is 0 Å². The minimum absolute atomic E-state index is 0.0583. The molecule has 1 aromatic rings. The first-order valence-electron chi connectivity index (χ1n) is 4.89. The molecule has 0 amide bonds. The quantitative estimate of drug-likeness (QED) is 0.517. The van der Waals surface area contributed by atoms with Gasteiger partial charge in [-0.05, 0) is 7.05 Å². The molecule has 82 valence electrons. The Labute approximate surface area is 88.4 Å². The van der Waals surface area contributed by atoms with Crippen LogP contribution >= 0.6 is 0 Å². The van der Waals surface area contributed by atoms with E-state index in [0.29, 0.717) is 18.2 Å². The molecule has 1 unspecified atom stereocenters. The van der Waals surface area contributed by atoms with Crippen molar-refractivity contribution in [2.24, 2.45) is 5.84 Å². The Morgan fingerprint density at radius 1 is 1.67 bits per heavy atom. The summed E-state index contributed by atoms with van der Waals surface area (Å²) >= 11 is 0. The van der Waals surface area contributed by atoms with Crippen molar-refractivity contribution < 1.29 is 4.74 Å². The average Bonchev–Trinajstić information content (AvgIpc) is 2.29. The maximum atomic E-state index is 5.60. The number of nitrogens with zero attached hydrogens (tertiary/aromatic N) is 3. The minimum Gasteiger partial charge on any atom is -0.368 e. The lowest BCUT2D eigenvalue weighted by atomic mass is 10.2. The Morgan fingerprint density at radius 3 is 3.27 bits per heavy atom. The second-order valence-corrected chi connectivity index (χ2v) is 3.57. The molecule has 15 heavy (non-hydrogen) atoms. The fourth-order valence-electron chi connectivity index (χ4n) is 1.54. The zero-order chi connectivity index (χ0) is 10.7. The molecule has 2 heterocycles. The van der Waals surface area contributed by atoms with E-state index in [1.807, 2.05) is 0 Å². The van der Waals surface area contributed by atoms with Crippen LogP contribution in [0, 0.1) is 0 Å². The van der Waals surface area contributed by atoms with Crippen LogP contribution in [0.4, 0.5) is 5.82 Å². The molecule has 0 radical (unpaired) electrons. The highest BCUT2D eigenvalue weighted by Gasteiger charge is 2.21. The Balaban J connectivity index is 2.13. The lowest BCUT2D eigenvalue weighted by molar-refractivity contribution is -0.0254. The van der Waals surface area contributed by atoms with Crippen LogP contribution in [0.25, 0.3) is 0 Å². The number of nitrogens with two attached hydrogens (primary N) is 1. The Hall–Kier alpha value is -1.24. The number of hydrogen-bond acceptors (Lipinski definition) is 6. The van der Waals surface area contributed by atoms with Gasteiger partial charge < -0.3 is 15.1 Å². The van der Waals surface area contributed by atoms with Gasteiger partial charge in [0.1, 0.15) is 11.9 Å². The fraction of sp³-hybridized carbons (Fsp3) is 0.556. The molecule has 6 heteroatoms. The third-order valence-corrected chi connectivity index (χ3v) is 2.38. The standard InChI is InChI=1S/C9H15N5O/c1-14-4-5-15-7(6-14)9-11-3-2-8(12-9)13-10/h2-3,7H,4-6,10H2,1H3,(H,11,12,13). The molecule has 6 nitrogen and oxygen atoms in total. The highest BCUT2D eigenvalue weighted by atomic mass is 16.5. The highest BCUT2D eigenvalue weighted by molar-refractivity contribution is 5.31. The van der Waals surface area contributed by atoms with Crippen molar-refractivity contribution in [1.82, 2.24) is 14.9 Å². The van der Waals surface area contributed by atoms with E-state index in [1.54, 1.807) is 12.3 Å². The monoisotopic (exact) mass is 209 g/mol. The Morgan fingerprint density at radius 2 is 2.53 bits per heavy atom. The number of ether oxygens (including phenoxy) is 1. The molecule has 0 saturated carbocycles. The van der Waals surface area contributed by atoms with Crippen LogP contribution in [0.1, 0.15) is 11.9 Å². The van der Waals surface area contributed by atoms with Gasteiger partial charge >= 0.3 is 0 Å². The maximum Gasteiger partial charge on any atom is 0.160 e. The number of nitrogens with one attached hydrogen (secondary N) is 1. The third kappa shape index (κ3) is 2.41. The number of hydrogen-bond donors (Lipinski definition) is 2. The van der Waals surface area contributed by atoms with E-state index >= 15 is 0 Å². The van der Waals surface area contributed by atoms with Gasteiger partial charge in [0.2, 0.25) is 0 Å². The lowest BCUT2D eigenvalue weighted by Crippen LogP contribution is -2.36. The van der Waals surface area contributed by atoms with E-state index in [9.17, 15) is 0 Å². The fourth-order valence-corrected chi connectivity index (χ4v) is 1.54. The van der Waals surface area contributed by atoms with E-state index in [2.05, 4.69) is 27.3 Å². The molecule has 0 spiro atoms. The largest absolute Gasteiger partial charge is 0.368 e. The molecule has 3 N–H and O–H groups in total. The smallest absolute Gasteiger partial charge is 0.160 e. The highest BCUT2D eigenvalue weighted by Crippen LogP contribution is 2.18. The molecule has 0 aromatic carbocycles. The number of nitrogen functional groups attached to an aromatic ring is 1. The van der Waals surface area contributed by atoms with Gasteiger partial charge in [-0.25, -0.2) is 15.8 Å². The molecule has 1 fully saturated rings. The SMILES string of the molecule is CN1CCOC(c2nccc(NN)n2)C1. The van der Waals surface area contributed by atoms with Crippen molar-refractivity contribution in [3.05, 3.63) is 18.1 Å². The molecule has 1 saturated heterocycles. The number of likely N-dealkylation sites (N-methyl/N-ethyl adjacent to an activating group) is 1. The number of aromatic nitrogens is 2. The van der Waals surface area contributed by atoms with Crippen molar-refractivity contribution in [3.63, 3.8) is 0 Å². The van der Waals surface area contributed by atoms with E-state index in [1.165, 1.54) is 0 Å². The van der Waals surface area contributed by atoms with E-state index in [4.69, 9.17) is 10.6 Å². The van der Waals surface area contributed by atoms with Gasteiger partial charge in [0.25, 0.3) is 0 Å². The Kier molecular flexibility index (Phi) is 3.10. The van der Waals surface area contributed by atoms with Crippen LogP contribution in [-0.2, 0) is 4.74 Å². The van der Waals surface area contributed by atoms with Gasteiger partial charge in [-0.15, -0.1) is 0 Å². The summed E-state index contributed by atoms with van der Waals surface area (Å²) in [6, 6.07) is 1.72. The molecule has 1 aromatic heterocycles. The first kappa shape index (κ1) is 10.3. The summed E-state index contributed by atoms with van der Waals surface area (Å²) in [6.45, 7) is 2.48. The number of rotatable bonds is 2. The van der Waals surface area contributed by atoms with Crippen LogP contribution < -0.4 is 11.3 Å². The number of hydrazine groups is 1. The molecular weight excluding hydrogens is 194 g/mol. The van der Waals surface area contributed by atoms with E-state index in [-0.39, 0.29) is 6.10 Å². The van der Waals surface area contributed by atoms with Crippen LogP contribution in [0.5, 0.6) is 0 Å². The van der Waals surface area contributed by atoms with Gasteiger partial charge in [0, 0.05) is 25.4 Å². The third-order valence-electron chi connectivity index (χ3n) is 2.38. The minimum atomic E-state index is -0.0583. The summed E-state index contributed by atoms with van der Waals surface area (Å²) in [5, 5.41) is 0. The summed E-state index contributed by atoms with van der Waals surface area (Å²) < 4.78 is 5.60. The lowest BCUT2D eigenvalue weighted by Gasteiger charge is -2.28. The van der Waals surface area contributed by atoms with E-state index in [0.717, 1.165) is 13.1 Å². The predicted octanol–water partition coefficient (Wildman–Crippen LogP) is -0.235. The predicted molar refractivity (Wildman–Crippen MR) is 56.0 cm³/mol. The first-order chi connectivity index (χ1) is 7.29. The maximum absolute atomic E-state index is 5.60. The number of anilines is 1. The van der Waals surface area contributed by atoms with Crippen molar-refractivity contribution in [1.29, 1.82) is 0 Å². The van der Waals surface area contributed by atoms with Crippen LogP contribution in [0.15, 0.2) is 12.3 Å². The van der Waals surface area contributed by atoms with Crippen molar-refractivity contribution in [2.75, 3.05) is 32.2 Å². The van der Waals surface area contributed by atoms with Crippen LogP contribution in [0.3, 0.4) is 0 Å². The first-order valence-corrected chi connectivity index (χ1v) is 4.89. The molecule has 0 aliphatic carbocycles. The van der Waals surface area contributed by atoms with Gasteiger partial charge in [0.15, 0.2) is 5.82 Å². The molecule has 1 atom stereocenters. The summed E-state index contributed by atoms with van der Waals surface area (Å²) in [5.41, 5.74) is 2.50. The second-order valence-electron chi connectivity index (χ2n) is 3.57. The molecular formula is C9H15N5O. The molecule has 1 aliphatic rings. The average molecular weight is 209 g/mol. The normalized spacial score (nSPS) is 22.7. The van der Waals surface area contributed by atoms with E-state index < -0.39 is 0 Å². The van der Waals surface area contributed by atoms with Crippen molar-refractivity contribution >= 4 is 5.82 Å². The second kappa shape index (κ2) is 4.52. The Bertz CT molecular complexity index is 332. The van der Waals surface area contributed by atoms with Gasteiger partial charge in [-0.2, -0.15) is 0 Å². The van der Waals surface area contributed by atoms with Crippen LogP contribution in [-0.4, -0.2) is 41.6 Å².